The van der Waals surface area contributed by atoms with Crippen molar-refractivity contribution in [1.29, 1.82) is 0 Å². The molecule has 0 spiro atoms. The molecule has 8 nitrogen and oxygen atoms in total. The van der Waals surface area contributed by atoms with Gasteiger partial charge in [-0.25, -0.2) is 8.42 Å². The van der Waals surface area contributed by atoms with Gasteiger partial charge in [0.05, 0.1) is 17.7 Å². The monoisotopic (exact) mass is 585 g/mol. The van der Waals surface area contributed by atoms with E-state index in [1.807, 2.05) is 20.8 Å². The molecule has 0 aromatic heterocycles. The van der Waals surface area contributed by atoms with E-state index in [1.165, 1.54) is 24.1 Å². The normalized spacial score (nSPS) is 12.7. The number of amides is 2. The van der Waals surface area contributed by atoms with Gasteiger partial charge in [-0.1, -0.05) is 67.9 Å². The second-order valence-corrected chi connectivity index (χ2v) is 11.7. The summed E-state index contributed by atoms with van der Waals surface area (Å²) in [6.07, 6.45) is 1.04. The van der Waals surface area contributed by atoms with Crippen LogP contribution in [0.15, 0.2) is 83.8 Å². The van der Waals surface area contributed by atoms with Crippen molar-refractivity contribution in [3.05, 3.63) is 89.4 Å². The molecule has 0 saturated carbocycles. The molecule has 0 aliphatic rings. The van der Waals surface area contributed by atoms with Gasteiger partial charge in [0.15, 0.2) is 0 Å². The maximum atomic E-state index is 14.1. The van der Waals surface area contributed by atoms with Crippen LogP contribution in [0.25, 0.3) is 0 Å². The first-order valence-corrected chi connectivity index (χ1v) is 15.0. The number of carbonyl (C=O) groups is 2. The second-order valence-electron chi connectivity index (χ2n) is 9.38. The fourth-order valence-electron chi connectivity index (χ4n) is 4.18. The summed E-state index contributed by atoms with van der Waals surface area (Å²) < 4.78 is 34.1. The standard InChI is InChI=1S/C30H36ClN3O5S/c1-5-22(3)32-30(36)28(6-2)33(20-23-13-10-11-18-27(23)31)29(35)21-34(24-14-12-15-25(19-24)39-4)40(37,38)26-16-8-7-9-17-26/h7-19,22,28H,5-6,20-21H2,1-4H3,(H,32,36). The van der Waals surface area contributed by atoms with Crippen molar-refractivity contribution in [1.82, 2.24) is 10.2 Å². The highest BCUT2D eigenvalue weighted by Gasteiger charge is 2.34. The van der Waals surface area contributed by atoms with Gasteiger partial charge in [-0.05, 0) is 55.7 Å². The SMILES string of the molecule is CCC(C)NC(=O)C(CC)N(Cc1ccccc1Cl)C(=O)CN(c1cccc(OC)c1)S(=O)(=O)c1ccccc1. The third-order valence-corrected chi connectivity index (χ3v) is 8.79. The Hall–Kier alpha value is -3.56. The number of hydrogen-bond acceptors (Lipinski definition) is 5. The van der Waals surface area contributed by atoms with Gasteiger partial charge in [-0.3, -0.25) is 13.9 Å². The van der Waals surface area contributed by atoms with E-state index in [1.54, 1.807) is 66.7 Å². The zero-order chi connectivity index (χ0) is 29.3. The van der Waals surface area contributed by atoms with Crippen LogP contribution >= 0.6 is 11.6 Å². The number of sulfonamides is 1. The number of nitrogens with zero attached hydrogens (tertiary/aromatic N) is 2. The van der Waals surface area contributed by atoms with Gasteiger partial charge in [0.2, 0.25) is 11.8 Å². The van der Waals surface area contributed by atoms with Crippen LogP contribution in [0.2, 0.25) is 5.02 Å². The first-order chi connectivity index (χ1) is 19.1. The molecule has 2 amide bonds. The van der Waals surface area contributed by atoms with Crippen LogP contribution in [-0.2, 0) is 26.2 Å². The van der Waals surface area contributed by atoms with E-state index in [0.717, 1.165) is 10.7 Å². The third kappa shape index (κ3) is 7.55. The van der Waals surface area contributed by atoms with Crippen molar-refractivity contribution < 1.29 is 22.7 Å². The maximum absolute atomic E-state index is 14.1. The number of ether oxygens (including phenoxy) is 1. The van der Waals surface area contributed by atoms with Crippen molar-refractivity contribution in [3.63, 3.8) is 0 Å². The lowest BCUT2D eigenvalue weighted by Crippen LogP contribution is -2.53. The van der Waals surface area contributed by atoms with Crippen molar-refractivity contribution >= 4 is 39.1 Å². The highest BCUT2D eigenvalue weighted by Crippen LogP contribution is 2.28. The molecule has 3 rings (SSSR count). The smallest absolute Gasteiger partial charge is 0.264 e. The number of halogens is 1. The van der Waals surface area contributed by atoms with Crippen LogP contribution in [0.3, 0.4) is 0 Å². The Bertz CT molecular complexity index is 1400. The highest BCUT2D eigenvalue weighted by atomic mass is 35.5. The minimum Gasteiger partial charge on any atom is -0.497 e. The minimum absolute atomic E-state index is 0.0300. The van der Waals surface area contributed by atoms with Gasteiger partial charge in [-0.15, -0.1) is 0 Å². The number of nitrogens with one attached hydrogen (secondary N) is 1. The van der Waals surface area contributed by atoms with Gasteiger partial charge >= 0.3 is 0 Å². The molecule has 3 aromatic carbocycles. The Labute approximate surface area is 241 Å². The summed E-state index contributed by atoms with van der Waals surface area (Å²) in [4.78, 5) is 28.9. The molecular weight excluding hydrogens is 550 g/mol. The predicted molar refractivity (Wildman–Crippen MR) is 158 cm³/mol. The Morgan fingerprint density at radius 3 is 2.25 bits per heavy atom. The summed E-state index contributed by atoms with van der Waals surface area (Å²) in [5.74, 6) is -0.421. The van der Waals surface area contributed by atoms with Crippen molar-refractivity contribution in [2.24, 2.45) is 0 Å². The van der Waals surface area contributed by atoms with Crippen molar-refractivity contribution in [2.75, 3.05) is 18.0 Å². The quantitative estimate of drug-likeness (QED) is 0.295. The Kier molecular flexibility index (Phi) is 11.0. The summed E-state index contributed by atoms with van der Waals surface area (Å²) >= 11 is 6.44. The molecule has 1 N–H and O–H groups in total. The van der Waals surface area contributed by atoms with E-state index in [2.05, 4.69) is 5.32 Å². The molecule has 2 atom stereocenters. The summed E-state index contributed by atoms with van der Waals surface area (Å²) in [5.41, 5.74) is 0.900. The van der Waals surface area contributed by atoms with E-state index in [4.69, 9.17) is 16.3 Å². The minimum atomic E-state index is -4.16. The van der Waals surface area contributed by atoms with Gasteiger partial charge in [0.1, 0.15) is 18.3 Å². The number of benzene rings is 3. The van der Waals surface area contributed by atoms with E-state index >= 15 is 0 Å². The number of methoxy groups -OCH3 is 1. The Morgan fingerprint density at radius 2 is 1.62 bits per heavy atom. The molecule has 0 saturated heterocycles. The Balaban J connectivity index is 2.08. The van der Waals surface area contributed by atoms with Crippen LogP contribution < -0.4 is 14.4 Å². The number of hydrogen-bond donors (Lipinski definition) is 1. The van der Waals surface area contributed by atoms with Crippen LogP contribution in [0.1, 0.15) is 39.2 Å². The van der Waals surface area contributed by atoms with Crippen LogP contribution in [-0.4, -0.2) is 50.9 Å². The van der Waals surface area contributed by atoms with Crippen molar-refractivity contribution in [2.45, 2.75) is 57.1 Å². The average molecular weight is 586 g/mol. The average Bonchev–Trinajstić information content (AvgIpc) is 2.96. The summed E-state index contributed by atoms with van der Waals surface area (Å²) in [7, 11) is -2.68. The summed E-state index contributed by atoms with van der Waals surface area (Å²) in [5, 5.41) is 3.40. The Morgan fingerprint density at radius 1 is 0.950 bits per heavy atom. The number of carbonyl (C=O) groups excluding carboxylic acids is 2. The highest BCUT2D eigenvalue weighted by molar-refractivity contribution is 7.92. The molecule has 10 heteroatoms. The van der Waals surface area contributed by atoms with Crippen LogP contribution in [0, 0.1) is 0 Å². The fourth-order valence-corrected chi connectivity index (χ4v) is 5.81. The van der Waals surface area contributed by atoms with Gasteiger partial charge in [-0.2, -0.15) is 0 Å². The largest absolute Gasteiger partial charge is 0.497 e. The van der Waals surface area contributed by atoms with Gasteiger partial charge in [0, 0.05) is 23.7 Å². The van der Waals surface area contributed by atoms with Gasteiger partial charge < -0.3 is 15.0 Å². The molecule has 0 fully saturated rings. The van der Waals surface area contributed by atoms with E-state index in [9.17, 15) is 18.0 Å². The molecule has 0 aliphatic heterocycles. The zero-order valence-corrected chi connectivity index (χ0v) is 24.8. The van der Waals surface area contributed by atoms with Gasteiger partial charge in [0.25, 0.3) is 10.0 Å². The number of rotatable bonds is 13. The molecule has 2 unspecified atom stereocenters. The molecule has 0 aliphatic carbocycles. The zero-order valence-electron chi connectivity index (χ0n) is 23.2. The summed E-state index contributed by atoms with van der Waals surface area (Å²) in [6, 6.07) is 20.5. The molecule has 0 heterocycles. The fraction of sp³-hybridized carbons (Fsp3) is 0.333. The third-order valence-electron chi connectivity index (χ3n) is 6.64. The predicted octanol–water partition coefficient (Wildman–Crippen LogP) is 5.27. The van der Waals surface area contributed by atoms with Crippen LogP contribution in [0.5, 0.6) is 5.75 Å². The van der Waals surface area contributed by atoms with Crippen LogP contribution in [0.4, 0.5) is 5.69 Å². The number of anilines is 1. The molecule has 0 radical (unpaired) electrons. The van der Waals surface area contributed by atoms with E-state index < -0.39 is 28.5 Å². The molecule has 40 heavy (non-hydrogen) atoms. The molecule has 3 aromatic rings. The lowest BCUT2D eigenvalue weighted by molar-refractivity contribution is -0.140. The first kappa shape index (κ1) is 31.0. The van der Waals surface area contributed by atoms with Crippen molar-refractivity contribution in [3.8, 4) is 5.75 Å². The lowest BCUT2D eigenvalue weighted by Gasteiger charge is -2.34. The van der Waals surface area contributed by atoms with E-state index in [0.29, 0.717) is 22.8 Å². The second kappa shape index (κ2) is 14.2. The van der Waals surface area contributed by atoms with E-state index in [-0.39, 0.29) is 29.1 Å². The topological polar surface area (TPSA) is 96.0 Å². The lowest BCUT2D eigenvalue weighted by atomic mass is 10.1. The maximum Gasteiger partial charge on any atom is 0.264 e. The molecule has 214 valence electrons. The summed E-state index contributed by atoms with van der Waals surface area (Å²) in [6.45, 7) is 5.15. The molecule has 0 bridgehead atoms. The molecular formula is C30H36ClN3O5S. The first-order valence-electron chi connectivity index (χ1n) is 13.2.